The predicted octanol–water partition coefficient (Wildman–Crippen LogP) is 4.10. The van der Waals surface area contributed by atoms with Crippen molar-refractivity contribution in [2.24, 2.45) is 5.41 Å². The largest absolute Gasteiger partial charge is 0.368 e. The van der Waals surface area contributed by atoms with Crippen molar-refractivity contribution in [1.29, 1.82) is 5.26 Å². The molecule has 2 rings (SSSR count). The molecule has 1 aromatic rings. The molecule has 0 saturated carbocycles. The number of halogens is 1. The van der Waals surface area contributed by atoms with Gasteiger partial charge in [0.05, 0.1) is 17.3 Å². The van der Waals surface area contributed by atoms with E-state index in [4.69, 9.17) is 5.26 Å². The van der Waals surface area contributed by atoms with Gasteiger partial charge < -0.3 is 4.90 Å². The van der Waals surface area contributed by atoms with Gasteiger partial charge in [0, 0.05) is 18.5 Å². The van der Waals surface area contributed by atoms with Crippen LogP contribution >= 0.6 is 0 Å². The maximum Gasteiger partial charge on any atom is 0.147 e. The first-order chi connectivity index (χ1) is 9.14. The molecular weight excluding hydrogens is 239 g/mol. The fraction of sp³-hybridized carbons (Fsp3) is 0.562. The first-order valence-corrected chi connectivity index (χ1v) is 7.09. The summed E-state index contributed by atoms with van der Waals surface area (Å²) in [6.45, 7) is 6.31. The van der Waals surface area contributed by atoms with E-state index in [-0.39, 0.29) is 5.82 Å². The first kappa shape index (κ1) is 13.9. The van der Waals surface area contributed by atoms with Gasteiger partial charge in [-0.3, -0.25) is 0 Å². The molecule has 1 aliphatic rings. The molecule has 0 aliphatic carbocycles. The zero-order valence-electron chi connectivity index (χ0n) is 11.7. The Morgan fingerprint density at radius 3 is 2.37 bits per heavy atom. The van der Waals surface area contributed by atoms with Gasteiger partial charge in [-0.25, -0.2) is 4.39 Å². The second-order valence-electron chi connectivity index (χ2n) is 5.63. The fourth-order valence-electron chi connectivity index (χ4n) is 3.27. The number of nitrogens with zero attached hydrogens (tertiary/aromatic N) is 2. The van der Waals surface area contributed by atoms with Crippen LogP contribution in [0.4, 0.5) is 10.1 Å². The van der Waals surface area contributed by atoms with Crippen molar-refractivity contribution < 1.29 is 4.39 Å². The van der Waals surface area contributed by atoms with Gasteiger partial charge in [0.2, 0.25) is 0 Å². The number of rotatable bonds is 5. The first-order valence-electron chi connectivity index (χ1n) is 7.09. The van der Waals surface area contributed by atoms with E-state index in [1.54, 1.807) is 12.1 Å². The zero-order valence-corrected chi connectivity index (χ0v) is 11.7. The van der Waals surface area contributed by atoms with E-state index < -0.39 is 0 Å². The van der Waals surface area contributed by atoms with Crippen LogP contribution in [0.25, 0.3) is 0 Å². The summed E-state index contributed by atoms with van der Waals surface area (Å²) in [5, 5.41) is 8.76. The van der Waals surface area contributed by atoms with Gasteiger partial charge in [0.15, 0.2) is 0 Å². The molecular formula is C16H21FN2. The third-order valence-corrected chi connectivity index (χ3v) is 4.03. The number of hydrogen-bond donors (Lipinski definition) is 0. The molecule has 0 atom stereocenters. The molecule has 1 aliphatic heterocycles. The Labute approximate surface area is 114 Å². The van der Waals surface area contributed by atoms with Crippen LogP contribution in [0.5, 0.6) is 0 Å². The van der Waals surface area contributed by atoms with Crippen LogP contribution in [-0.2, 0) is 0 Å². The average Bonchev–Trinajstić information content (AvgIpc) is 2.36. The molecule has 3 heteroatoms. The molecule has 19 heavy (non-hydrogen) atoms. The highest BCUT2D eigenvalue weighted by atomic mass is 19.1. The van der Waals surface area contributed by atoms with Crippen molar-refractivity contribution >= 4 is 5.69 Å². The van der Waals surface area contributed by atoms with Gasteiger partial charge in [-0.05, 0) is 31.0 Å². The monoisotopic (exact) mass is 260 g/mol. The summed E-state index contributed by atoms with van der Waals surface area (Å²) in [7, 11) is 0. The summed E-state index contributed by atoms with van der Waals surface area (Å²) in [4.78, 5) is 2.10. The summed E-state index contributed by atoms with van der Waals surface area (Å²) in [5.74, 6) is -0.277. The highest BCUT2D eigenvalue weighted by molar-refractivity contribution is 5.53. The van der Waals surface area contributed by atoms with Crippen LogP contribution in [0.3, 0.4) is 0 Å². The molecule has 1 heterocycles. The van der Waals surface area contributed by atoms with Gasteiger partial charge in [0.1, 0.15) is 5.82 Å². The Balaban J connectivity index is 2.09. The van der Waals surface area contributed by atoms with Gasteiger partial charge in [0.25, 0.3) is 0 Å². The van der Waals surface area contributed by atoms with E-state index >= 15 is 0 Å². The second kappa shape index (κ2) is 5.61. The highest BCUT2D eigenvalue weighted by Crippen LogP contribution is 2.42. The predicted molar refractivity (Wildman–Crippen MR) is 75.6 cm³/mol. The second-order valence-corrected chi connectivity index (χ2v) is 5.63. The summed E-state index contributed by atoms with van der Waals surface area (Å²) in [5.41, 5.74) is 1.40. The van der Waals surface area contributed by atoms with E-state index in [1.165, 1.54) is 31.7 Å². The van der Waals surface area contributed by atoms with E-state index in [0.717, 1.165) is 13.1 Å². The van der Waals surface area contributed by atoms with Crippen LogP contribution < -0.4 is 4.90 Å². The van der Waals surface area contributed by atoms with Crippen LogP contribution in [0, 0.1) is 22.6 Å². The van der Waals surface area contributed by atoms with E-state index in [1.807, 2.05) is 6.07 Å². The number of nitriles is 1. The third-order valence-electron chi connectivity index (χ3n) is 4.03. The highest BCUT2D eigenvalue weighted by Gasteiger charge is 2.41. The minimum Gasteiger partial charge on any atom is -0.368 e. The lowest BCUT2D eigenvalue weighted by molar-refractivity contribution is 0.172. The van der Waals surface area contributed by atoms with Gasteiger partial charge in [-0.2, -0.15) is 5.26 Å². The Hall–Kier alpha value is -1.56. The Morgan fingerprint density at radius 1 is 1.26 bits per heavy atom. The summed E-state index contributed by atoms with van der Waals surface area (Å²) in [6.07, 6.45) is 4.80. The molecule has 0 bridgehead atoms. The van der Waals surface area contributed by atoms with Gasteiger partial charge in [-0.15, -0.1) is 0 Å². The summed E-state index contributed by atoms with van der Waals surface area (Å²) >= 11 is 0. The molecule has 0 N–H and O–H groups in total. The molecule has 102 valence electrons. The van der Waals surface area contributed by atoms with E-state index in [0.29, 0.717) is 16.7 Å². The molecule has 0 radical (unpaired) electrons. The summed E-state index contributed by atoms with van der Waals surface area (Å²) < 4.78 is 13.9. The van der Waals surface area contributed by atoms with Crippen molar-refractivity contribution in [3.63, 3.8) is 0 Å². The standard InChI is InChI=1S/C16H21FN2/c1-3-7-16(8-4-2)11-19(12-16)15-6-5-13(10-18)9-14(15)17/h5-6,9H,3-4,7-8,11-12H2,1-2H3. The van der Waals surface area contributed by atoms with Crippen LogP contribution in [0.1, 0.15) is 45.1 Å². The Morgan fingerprint density at radius 2 is 1.89 bits per heavy atom. The van der Waals surface area contributed by atoms with Crippen molar-refractivity contribution in [1.82, 2.24) is 0 Å². The third kappa shape index (κ3) is 2.73. The van der Waals surface area contributed by atoms with Gasteiger partial charge >= 0.3 is 0 Å². The van der Waals surface area contributed by atoms with E-state index in [2.05, 4.69) is 18.7 Å². The SMILES string of the molecule is CCCC1(CCC)CN(c2ccc(C#N)cc2F)C1. The number of anilines is 1. The normalized spacial score (nSPS) is 16.8. The molecule has 0 aromatic heterocycles. The van der Waals surface area contributed by atoms with Gasteiger partial charge in [-0.1, -0.05) is 26.7 Å². The quantitative estimate of drug-likeness (QED) is 0.796. The molecule has 1 aromatic carbocycles. The minimum atomic E-state index is -0.277. The molecule has 0 unspecified atom stereocenters. The molecule has 2 nitrogen and oxygen atoms in total. The number of benzene rings is 1. The topological polar surface area (TPSA) is 27.0 Å². The molecule has 1 fully saturated rings. The lowest BCUT2D eigenvalue weighted by Crippen LogP contribution is -2.56. The fourth-order valence-corrected chi connectivity index (χ4v) is 3.27. The van der Waals surface area contributed by atoms with Crippen LogP contribution in [0.2, 0.25) is 0 Å². The van der Waals surface area contributed by atoms with Crippen LogP contribution in [0.15, 0.2) is 18.2 Å². The Bertz CT molecular complexity index is 476. The smallest absolute Gasteiger partial charge is 0.147 e. The number of hydrogen-bond acceptors (Lipinski definition) is 2. The zero-order chi connectivity index (χ0) is 13.9. The average molecular weight is 260 g/mol. The minimum absolute atomic E-state index is 0.277. The molecule has 1 saturated heterocycles. The lowest BCUT2D eigenvalue weighted by Gasteiger charge is -2.52. The van der Waals surface area contributed by atoms with Crippen molar-refractivity contribution in [2.75, 3.05) is 18.0 Å². The molecule has 0 spiro atoms. The van der Waals surface area contributed by atoms with Crippen LogP contribution in [-0.4, -0.2) is 13.1 Å². The maximum absolute atomic E-state index is 13.9. The molecule has 0 amide bonds. The van der Waals surface area contributed by atoms with E-state index in [9.17, 15) is 4.39 Å². The Kier molecular flexibility index (Phi) is 4.09. The van der Waals surface area contributed by atoms with Crippen molar-refractivity contribution in [2.45, 2.75) is 39.5 Å². The van der Waals surface area contributed by atoms with Crippen molar-refractivity contribution in [3.05, 3.63) is 29.6 Å². The van der Waals surface area contributed by atoms with Crippen molar-refractivity contribution in [3.8, 4) is 6.07 Å². The lowest BCUT2D eigenvalue weighted by atomic mass is 9.72. The summed E-state index contributed by atoms with van der Waals surface area (Å²) in [6, 6.07) is 6.72. The maximum atomic E-state index is 13.9.